The van der Waals surface area contributed by atoms with Gasteiger partial charge >= 0.3 is 0 Å². The Labute approximate surface area is 109 Å². The molecule has 0 saturated heterocycles. The predicted molar refractivity (Wildman–Crippen MR) is 75.3 cm³/mol. The van der Waals surface area contributed by atoms with Gasteiger partial charge in [0.1, 0.15) is 0 Å². The van der Waals surface area contributed by atoms with Crippen molar-refractivity contribution in [3.8, 4) is 0 Å². The summed E-state index contributed by atoms with van der Waals surface area (Å²) in [5, 5.41) is 3.32. The zero-order chi connectivity index (χ0) is 13.1. The Morgan fingerprint density at radius 2 is 2.11 bits per heavy atom. The van der Waals surface area contributed by atoms with Crippen LogP contribution in [-0.4, -0.2) is 36.4 Å². The lowest BCUT2D eigenvalue weighted by Gasteiger charge is -2.25. The minimum Gasteiger partial charge on any atom is -0.384 e. The molecule has 2 rings (SSSR count). The third-order valence-corrected chi connectivity index (χ3v) is 3.84. The van der Waals surface area contributed by atoms with Crippen LogP contribution in [0.1, 0.15) is 36.7 Å². The van der Waals surface area contributed by atoms with E-state index >= 15 is 0 Å². The maximum absolute atomic E-state index is 12.4. The molecule has 1 N–H and O–H groups in total. The van der Waals surface area contributed by atoms with Crippen molar-refractivity contribution in [3.05, 3.63) is 29.3 Å². The fourth-order valence-electron chi connectivity index (χ4n) is 2.64. The van der Waals surface area contributed by atoms with Gasteiger partial charge in [0.2, 0.25) is 0 Å². The van der Waals surface area contributed by atoms with Crippen LogP contribution in [0.25, 0.3) is 0 Å². The topological polar surface area (TPSA) is 32.3 Å². The van der Waals surface area contributed by atoms with Crippen molar-refractivity contribution in [2.24, 2.45) is 0 Å². The summed E-state index contributed by atoms with van der Waals surface area (Å²) < 4.78 is 0. The molecule has 0 aliphatic carbocycles. The van der Waals surface area contributed by atoms with Crippen LogP contribution in [0, 0.1) is 0 Å². The number of carbonyl (C=O) groups is 1. The zero-order valence-electron chi connectivity index (χ0n) is 11.5. The van der Waals surface area contributed by atoms with Crippen molar-refractivity contribution in [1.29, 1.82) is 0 Å². The first-order valence-corrected chi connectivity index (χ1v) is 6.82. The third-order valence-electron chi connectivity index (χ3n) is 3.84. The van der Waals surface area contributed by atoms with Crippen molar-refractivity contribution >= 4 is 11.5 Å². The van der Waals surface area contributed by atoms with Gasteiger partial charge in [-0.25, -0.2) is 0 Å². The first-order valence-electron chi connectivity index (χ1n) is 6.82. The minimum absolute atomic E-state index is 0.0348. The quantitative estimate of drug-likeness (QED) is 0.810. The van der Waals surface area contributed by atoms with Crippen LogP contribution in [0.3, 0.4) is 0 Å². The smallest absolute Gasteiger partial charge is 0.179 e. The summed E-state index contributed by atoms with van der Waals surface area (Å²) in [7, 11) is 0. The Balaban J connectivity index is 2.18. The average Bonchev–Trinajstić information content (AvgIpc) is 2.86. The Bertz CT molecular complexity index is 438. The molecule has 0 amide bonds. The summed E-state index contributed by atoms with van der Waals surface area (Å²) in [4.78, 5) is 14.6. The van der Waals surface area contributed by atoms with Gasteiger partial charge in [-0.3, -0.25) is 9.69 Å². The molecule has 0 saturated carbocycles. The summed E-state index contributed by atoms with van der Waals surface area (Å²) in [6.45, 7) is 9.00. The van der Waals surface area contributed by atoms with Gasteiger partial charge in [0.05, 0.1) is 6.04 Å². The number of likely N-dealkylation sites (N-methyl/N-ethyl adjacent to an activating group) is 1. The van der Waals surface area contributed by atoms with E-state index in [9.17, 15) is 4.79 Å². The molecule has 0 spiro atoms. The number of fused-ring (bicyclic) bond motifs is 1. The number of hydrogen-bond acceptors (Lipinski definition) is 3. The summed E-state index contributed by atoms with van der Waals surface area (Å²) in [6, 6.07) is 5.99. The molecule has 0 bridgehead atoms. The minimum atomic E-state index is -0.0348. The number of anilines is 1. The number of hydrogen-bond donors (Lipinski definition) is 1. The second kappa shape index (κ2) is 5.53. The first-order chi connectivity index (χ1) is 8.67. The van der Waals surface area contributed by atoms with E-state index in [0.717, 1.165) is 31.6 Å². The maximum atomic E-state index is 12.4. The first kappa shape index (κ1) is 13.1. The molecule has 1 aliphatic heterocycles. The van der Waals surface area contributed by atoms with E-state index < -0.39 is 0 Å². The molecule has 1 aromatic rings. The van der Waals surface area contributed by atoms with Crippen LogP contribution in [0.4, 0.5) is 5.69 Å². The van der Waals surface area contributed by atoms with Crippen molar-refractivity contribution in [2.75, 3.05) is 25.0 Å². The van der Waals surface area contributed by atoms with Gasteiger partial charge in [0.25, 0.3) is 0 Å². The summed E-state index contributed by atoms with van der Waals surface area (Å²) in [5.41, 5.74) is 3.30. The van der Waals surface area contributed by atoms with E-state index in [1.807, 2.05) is 19.1 Å². The molecule has 98 valence electrons. The van der Waals surface area contributed by atoms with E-state index in [0.29, 0.717) is 0 Å². The molecule has 3 heteroatoms. The number of carbonyl (C=O) groups excluding carboxylic acids is 1. The number of Topliss-reactive ketones (excluding diaryl/α,β-unsaturated/α-hetero) is 1. The lowest BCUT2D eigenvalue weighted by atomic mass is 10.0. The summed E-state index contributed by atoms with van der Waals surface area (Å²) in [5.74, 6) is 0.230. The van der Waals surface area contributed by atoms with Crippen LogP contribution in [0.5, 0.6) is 0 Å². The molecule has 0 unspecified atom stereocenters. The van der Waals surface area contributed by atoms with Crippen LogP contribution < -0.4 is 5.32 Å². The van der Waals surface area contributed by atoms with E-state index in [1.165, 1.54) is 11.3 Å². The average molecular weight is 246 g/mol. The van der Waals surface area contributed by atoms with E-state index in [2.05, 4.69) is 30.1 Å². The molecule has 1 atom stereocenters. The Kier molecular flexibility index (Phi) is 4.02. The molecule has 0 radical (unpaired) electrons. The van der Waals surface area contributed by atoms with Gasteiger partial charge in [-0.05, 0) is 50.2 Å². The number of ketones is 1. The highest BCUT2D eigenvalue weighted by Gasteiger charge is 2.21. The van der Waals surface area contributed by atoms with Crippen molar-refractivity contribution in [3.63, 3.8) is 0 Å². The molecular weight excluding hydrogens is 224 g/mol. The van der Waals surface area contributed by atoms with Gasteiger partial charge < -0.3 is 5.32 Å². The molecule has 1 aliphatic rings. The Hall–Kier alpha value is -1.35. The number of benzene rings is 1. The van der Waals surface area contributed by atoms with E-state index in [-0.39, 0.29) is 11.8 Å². The van der Waals surface area contributed by atoms with E-state index in [4.69, 9.17) is 0 Å². The largest absolute Gasteiger partial charge is 0.384 e. The van der Waals surface area contributed by atoms with Gasteiger partial charge in [0.15, 0.2) is 5.78 Å². The van der Waals surface area contributed by atoms with E-state index in [1.54, 1.807) is 0 Å². The van der Waals surface area contributed by atoms with Gasteiger partial charge in [-0.15, -0.1) is 0 Å². The lowest BCUT2D eigenvalue weighted by molar-refractivity contribution is 0.0851. The Morgan fingerprint density at radius 1 is 1.39 bits per heavy atom. The predicted octanol–water partition coefficient (Wildman–Crippen LogP) is 2.57. The lowest BCUT2D eigenvalue weighted by Crippen LogP contribution is -2.38. The monoisotopic (exact) mass is 246 g/mol. The second-order valence-electron chi connectivity index (χ2n) is 4.81. The number of nitrogens with one attached hydrogen (secondary N) is 1. The van der Waals surface area contributed by atoms with Crippen LogP contribution >= 0.6 is 0 Å². The fraction of sp³-hybridized carbons (Fsp3) is 0.533. The number of rotatable bonds is 5. The molecule has 0 fully saturated rings. The second-order valence-corrected chi connectivity index (χ2v) is 4.81. The van der Waals surface area contributed by atoms with Crippen molar-refractivity contribution in [2.45, 2.75) is 33.2 Å². The van der Waals surface area contributed by atoms with Gasteiger partial charge in [-0.2, -0.15) is 0 Å². The highest BCUT2D eigenvalue weighted by Crippen LogP contribution is 2.24. The zero-order valence-corrected chi connectivity index (χ0v) is 11.5. The maximum Gasteiger partial charge on any atom is 0.179 e. The van der Waals surface area contributed by atoms with Crippen molar-refractivity contribution < 1.29 is 4.79 Å². The number of nitrogens with zero attached hydrogens (tertiary/aromatic N) is 1. The highest BCUT2D eigenvalue weighted by atomic mass is 16.1. The van der Waals surface area contributed by atoms with Crippen LogP contribution in [0.15, 0.2) is 18.2 Å². The standard InChI is InChI=1S/C15H22N2O/c1-4-17(5-2)11(3)15(18)13-6-7-14-12(10-13)8-9-16-14/h6-7,10-11,16H,4-5,8-9H2,1-3H3/t11-/m1/s1. The fourth-order valence-corrected chi connectivity index (χ4v) is 2.64. The molecule has 3 nitrogen and oxygen atoms in total. The third kappa shape index (κ3) is 2.41. The van der Waals surface area contributed by atoms with Gasteiger partial charge in [-0.1, -0.05) is 13.8 Å². The molecule has 18 heavy (non-hydrogen) atoms. The SMILES string of the molecule is CCN(CC)[C@H](C)C(=O)c1ccc2c(c1)CCN2. The summed E-state index contributed by atoms with van der Waals surface area (Å²) >= 11 is 0. The summed E-state index contributed by atoms with van der Waals surface area (Å²) in [6.07, 6.45) is 1.02. The molecule has 1 aromatic carbocycles. The molecular formula is C15H22N2O. The Morgan fingerprint density at radius 3 is 2.78 bits per heavy atom. The molecule has 1 heterocycles. The van der Waals surface area contributed by atoms with Crippen LogP contribution in [0.2, 0.25) is 0 Å². The van der Waals surface area contributed by atoms with Crippen molar-refractivity contribution in [1.82, 2.24) is 4.90 Å². The van der Waals surface area contributed by atoms with Gasteiger partial charge in [0, 0.05) is 17.8 Å². The van der Waals surface area contributed by atoms with Crippen LogP contribution in [-0.2, 0) is 6.42 Å². The normalized spacial score (nSPS) is 15.3. The molecule has 0 aromatic heterocycles. The highest BCUT2D eigenvalue weighted by molar-refractivity contribution is 6.00.